The zero-order chi connectivity index (χ0) is 8.39. The van der Waals surface area contributed by atoms with Gasteiger partial charge in [-0.1, -0.05) is 6.07 Å². The molecule has 0 aliphatic heterocycles. The fraction of sp³-hybridized carbons (Fsp3) is 0.100. The maximum absolute atomic E-state index is 3.96. The summed E-state index contributed by atoms with van der Waals surface area (Å²) >= 11 is 0. The van der Waals surface area contributed by atoms with Crippen molar-refractivity contribution in [2.45, 2.75) is 0 Å². The molecule has 60 valence electrons. The molecule has 12 heavy (non-hydrogen) atoms. The van der Waals surface area contributed by atoms with Crippen molar-refractivity contribution in [2.75, 3.05) is 7.05 Å². The van der Waals surface area contributed by atoms with Gasteiger partial charge in [0.15, 0.2) is 0 Å². The second-order valence-corrected chi connectivity index (χ2v) is 2.71. The number of hydrogen-bond acceptors (Lipinski definition) is 1. The van der Waals surface area contributed by atoms with Crippen molar-refractivity contribution in [3.8, 4) is 0 Å². The first-order chi connectivity index (χ1) is 5.90. The average Bonchev–Trinajstić information content (AvgIpc) is 2.51. The molecule has 0 radical (unpaired) electrons. The van der Waals surface area contributed by atoms with Crippen LogP contribution in [0.15, 0.2) is 35.5 Å². The fourth-order valence-corrected chi connectivity index (χ4v) is 1.30. The molecule has 0 aliphatic rings. The van der Waals surface area contributed by atoms with Crippen LogP contribution in [0.5, 0.6) is 0 Å². The van der Waals surface area contributed by atoms with Gasteiger partial charge in [-0.05, 0) is 29.1 Å². The summed E-state index contributed by atoms with van der Waals surface area (Å²) in [7, 11) is 1.78. The van der Waals surface area contributed by atoms with Crippen LogP contribution in [0.1, 0.15) is 5.56 Å². The Kier molecular flexibility index (Phi) is 1.67. The molecule has 2 aromatic rings. The van der Waals surface area contributed by atoms with E-state index in [1.165, 1.54) is 10.9 Å². The first-order valence-electron chi connectivity index (χ1n) is 3.89. The van der Waals surface area contributed by atoms with E-state index in [1.807, 2.05) is 18.5 Å². The lowest BCUT2D eigenvalue weighted by Gasteiger charge is -1.92. The summed E-state index contributed by atoms with van der Waals surface area (Å²) in [6.07, 6.45) is 3.80. The van der Waals surface area contributed by atoms with E-state index in [0.717, 1.165) is 5.56 Å². The molecule has 0 saturated carbocycles. The minimum absolute atomic E-state index is 1.14. The average molecular weight is 158 g/mol. The highest BCUT2D eigenvalue weighted by Gasteiger charge is 1.93. The van der Waals surface area contributed by atoms with Crippen LogP contribution in [0, 0.1) is 0 Å². The number of aromatic amines is 1. The maximum atomic E-state index is 3.96. The Morgan fingerprint density at radius 2 is 2.25 bits per heavy atom. The van der Waals surface area contributed by atoms with Crippen LogP contribution in [0.25, 0.3) is 10.9 Å². The van der Waals surface area contributed by atoms with E-state index in [2.05, 4.69) is 28.2 Å². The van der Waals surface area contributed by atoms with Crippen LogP contribution in [0.4, 0.5) is 0 Å². The van der Waals surface area contributed by atoms with Crippen molar-refractivity contribution >= 4 is 17.1 Å². The third kappa shape index (κ3) is 1.11. The van der Waals surface area contributed by atoms with Crippen LogP contribution in [0.3, 0.4) is 0 Å². The number of nitrogens with zero attached hydrogens (tertiary/aromatic N) is 1. The predicted octanol–water partition coefficient (Wildman–Crippen LogP) is 2.22. The summed E-state index contributed by atoms with van der Waals surface area (Å²) < 4.78 is 0. The molecule has 1 N–H and O–H groups in total. The molecule has 0 atom stereocenters. The van der Waals surface area contributed by atoms with Crippen molar-refractivity contribution in [1.82, 2.24) is 4.98 Å². The van der Waals surface area contributed by atoms with Crippen molar-refractivity contribution < 1.29 is 0 Å². The molecular formula is C10H10N2. The van der Waals surface area contributed by atoms with Gasteiger partial charge >= 0.3 is 0 Å². The molecule has 0 unspecified atom stereocenters. The lowest BCUT2D eigenvalue weighted by atomic mass is 10.2. The number of H-pyrrole nitrogens is 1. The molecule has 0 saturated heterocycles. The van der Waals surface area contributed by atoms with Crippen LogP contribution < -0.4 is 0 Å². The normalized spacial score (nSPS) is 11.4. The molecule has 1 aromatic carbocycles. The molecule has 1 aromatic heterocycles. The van der Waals surface area contributed by atoms with Crippen LogP contribution in [-0.2, 0) is 0 Å². The van der Waals surface area contributed by atoms with E-state index in [0.29, 0.717) is 0 Å². The Morgan fingerprint density at radius 3 is 3.08 bits per heavy atom. The minimum atomic E-state index is 1.14. The molecule has 0 amide bonds. The van der Waals surface area contributed by atoms with E-state index >= 15 is 0 Å². The summed E-state index contributed by atoms with van der Waals surface area (Å²) in [4.78, 5) is 7.11. The van der Waals surface area contributed by atoms with Gasteiger partial charge in [0.25, 0.3) is 0 Å². The molecule has 2 nitrogen and oxygen atoms in total. The van der Waals surface area contributed by atoms with Gasteiger partial charge in [-0.15, -0.1) is 0 Å². The van der Waals surface area contributed by atoms with Gasteiger partial charge in [0.05, 0.1) is 0 Å². The highest BCUT2D eigenvalue weighted by Crippen LogP contribution is 2.12. The monoisotopic (exact) mass is 158 g/mol. The lowest BCUT2D eigenvalue weighted by Crippen LogP contribution is -1.78. The molecule has 2 heteroatoms. The summed E-state index contributed by atoms with van der Waals surface area (Å²) in [6, 6.07) is 8.28. The van der Waals surface area contributed by atoms with Gasteiger partial charge in [0.1, 0.15) is 0 Å². The lowest BCUT2D eigenvalue weighted by molar-refractivity contribution is 1.46. The maximum Gasteiger partial charge on any atom is 0.0454 e. The molecule has 1 heterocycles. The first kappa shape index (κ1) is 7.10. The molecular weight excluding hydrogens is 148 g/mol. The fourth-order valence-electron chi connectivity index (χ4n) is 1.30. The number of hydrogen-bond donors (Lipinski definition) is 1. The zero-order valence-electron chi connectivity index (χ0n) is 6.91. The Bertz CT molecular complexity index is 412. The highest BCUT2D eigenvalue weighted by atomic mass is 14.7. The van der Waals surface area contributed by atoms with Gasteiger partial charge in [-0.3, -0.25) is 4.99 Å². The second-order valence-electron chi connectivity index (χ2n) is 2.71. The van der Waals surface area contributed by atoms with Crippen LogP contribution >= 0.6 is 0 Å². The number of rotatable bonds is 1. The number of benzene rings is 1. The summed E-state index contributed by atoms with van der Waals surface area (Å²) in [5, 5.41) is 1.23. The molecule has 0 aliphatic carbocycles. The number of aromatic nitrogens is 1. The van der Waals surface area contributed by atoms with Crippen LogP contribution in [0.2, 0.25) is 0 Å². The van der Waals surface area contributed by atoms with E-state index < -0.39 is 0 Å². The van der Waals surface area contributed by atoms with Gasteiger partial charge in [0.2, 0.25) is 0 Å². The largest absolute Gasteiger partial charge is 0.361 e. The van der Waals surface area contributed by atoms with Gasteiger partial charge in [0, 0.05) is 25.0 Å². The SMILES string of the molecule is C/N=C/c1ccc2[nH]ccc2c1. The quantitative estimate of drug-likeness (QED) is 0.616. The molecule has 0 spiro atoms. The Morgan fingerprint density at radius 1 is 1.33 bits per heavy atom. The van der Waals surface area contributed by atoms with Gasteiger partial charge in [-0.25, -0.2) is 0 Å². The number of aliphatic imine (C=N–C) groups is 1. The summed E-state index contributed by atoms with van der Waals surface area (Å²) in [5.41, 5.74) is 2.31. The Balaban J connectivity index is 2.60. The van der Waals surface area contributed by atoms with E-state index in [9.17, 15) is 0 Å². The van der Waals surface area contributed by atoms with Crippen LogP contribution in [-0.4, -0.2) is 18.2 Å². The van der Waals surface area contributed by atoms with E-state index in [-0.39, 0.29) is 0 Å². The molecule has 2 rings (SSSR count). The van der Waals surface area contributed by atoms with E-state index in [1.54, 1.807) is 7.05 Å². The van der Waals surface area contributed by atoms with Gasteiger partial charge < -0.3 is 4.98 Å². The number of fused-ring (bicyclic) bond motifs is 1. The summed E-state index contributed by atoms with van der Waals surface area (Å²) in [5.74, 6) is 0. The zero-order valence-corrected chi connectivity index (χ0v) is 6.91. The second kappa shape index (κ2) is 2.81. The third-order valence-corrected chi connectivity index (χ3v) is 1.86. The number of nitrogens with one attached hydrogen (secondary N) is 1. The minimum Gasteiger partial charge on any atom is -0.361 e. The highest BCUT2D eigenvalue weighted by molar-refractivity contribution is 5.88. The standard InChI is InChI=1S/C10H10N2/c1-11-7-8-2-3-10-9(6-8)4-5-12-10/h2-7,12H,1H3/b11-7+. The van der Waals surface area contributed by atoms with E-state index in [4.69, 9.17) is 0 Å². The van der Waals surface area contributed by atoms with Crippen molar-refractivity contribution in [2.24, 2.45) is 4.99 Å². The van der Waals surface area contributed by atoms with Crippen molar-refractivity contribution in [3.63, 3.8) is 0 Å². The third-order valence-electron chi connectivity index (χ3n) is 1.86. The molecule has 0 fully saturated rings. The predicted molar refractivity (Wildman–Crippen MR) is 51.8 cm³/mol. The van der Waals surface area contributed by atoms with Gasteiger partial charge in [-0.2, -0.15) is 0 Å². The topological polar surface area (TPSA) is 28.1 Å². The van der Waals surface area contributed by atoms with Crippen molar-refractivity contribution in [3.05, 3.63) is 36.0 Å². The smallest absolute Gasteiger partial charge is 0.0454 e. The first-order valence-corrected chi connectivity index (χ1v) is 3.89. The summed E-state index contributed by atoms with van der Waals surface area (Å²) in [6.45, 7) is 0. The van der Waals surface area contributed by atoms with Crippen molar-refractivity contribution in [1.29, 1.82) is 0 Å². The Labute approximate surface area is 70.9 Å². The molecule has 0 bridgehead atoms. The Hall–Kier alpha value is -1.57.